The zero-order valence-electron chi connectivity index (χ0n) is 15.6. The molecule has 0 amide bonds. The van der Waals surface area contributed by atoms with Crippen molar-refractivity contribution in [2.75, 3.05) is 0 Å². The van der Waals surface area contributed by atoms with Gasteiger partial charge in [-0.25, -0.2) is 9.18 Å². The third-order valence-electron chi connectivity index (χ3n) is 5.92. The van der Waals surface area contributed by atoms with Gasteiger partial charge in [-0.3, -0.25) is 0 Å². The molecule has 10 heteroatoms. The van der Waals surface area contributed by atoms with Gasteiger partial charge in [-0.15, -0.1) is 0 Å². The van der Waals surface area contributed by atoms with Gasteiger partial charge >= 0.3 is 24.1 Å². The Labute approximate surface area is 152 Å². The van der Waals surface area contributed by atoms with Gasteiger partial charge < -0.3 is 9.47 Å². The van der Waals surface area contributed by atoms with E-state index in [0.717, 1.165) is 0 Å². The molecule has 2 bridgehead atoms. The maximum absolute atomic E-state index is 15.8. The van der Waals surface area contributed by atoms with Crippen LogP contribution in [0.15, 0.2) is 0 Å². The minimum Gasteiger partial charge on any atom is -0.429 e. The normalized spacial score (nSPS) is 34.7. The molecule has 5 atom stereocenters. The minimum atomic E-state index is -6.22. The topological polar surface area (TPSA) is 35.5 Å². The molecule has 0 aromatic carbocycles. The Hall–Kier alpha value is -1.22. The Morgan fingerprint density at radius 1 is 0.926 bits per heavy atom. The van der Waals surface area contributed by atoms with Crippen molar-refractivity contribution in [2.24, 2.45) is 23.7 Å². The lowest BCUT2D eigenvalue weighted by atomic mass is 9.66. The van der Waals surface area contributed by atoms with Gasteiger partial charge in [0.05, 0.1) is 0 Å². The quantitative estimate of drug-likeness (QED) is 0.427. The minimum absolute atomic E-state index is 0.121. The van der Waals surface area contributed by atoms with Crippen LogP contribution >= 0.6 is 0 Å². The molecule has 2 aliphatic carbocycles. The number of carbonyl (C=O) groups excluding carboxylic acids is 1. The number of fused-ring (bicyclic) bond motifs is 2. The second-order valence-corrected chi connectivity index (χ2v) is 8.63. The lowest BCUT2D eigenvalue weighted by Gasteiger charge is -2.49. The van der Waals surface area contributed by atoms with Crippen molar-refractivity contribution in [1.82, 2.24) is 0 Å². The maximum Gasteiger partial charge on any atom is 0.510 e. The van der Waals surface area contributed by atoms with Crippen LogP contribution in [0.25, 0.3) is 0 Å². The number of carbonyl (C=O) groups is 1. The van der Waals surface area contributed by atoms with E-state index in [2.05, 4.69) is 9.47 Å². The molecule has 2 saturated carbocycles. The first-order valence-electron chi connectivity index (χ1n) is 8.62. The van der Waals surface area contributed by atoms with Crippen molar-refractivity contribution in [3.8, 4) is 0 Å². The Morgan fingerprint density at radius 3 is 1.74 bits per heavy atom. The lowest BCUT2D eigenvalue weighted by molar-refractivity contribution is -0.410. The van der Waals surface area contributed by atoms with Crippen LogP contribution in [0, 0.1) is 23.7 Å². The molecule has 0 aromatic rings. The van der Waals surface area contributed by atoms with Gasteiger partial charge in [0, 0.05) is 5.92 Å². The highest BCUT2D eigenvalue weighted by Gasteiger charge is 2.88. The SMILES string of the molecule is CC1C2CC(C1C)C(F)(C(OC(=O)OC(C)(C)C)(C(F)(F)F)C(F)(F)F)C2. The number of rotatable bonds is 2. The number of hydrogen-bond donors (Lipinski definition) is 0. The molecule has 0 radical (unpaired) electrons. The van der Waals surface area contributed by atoms with Crippen LogP contribution in [-0.2, 0) is 9.47 Å². The Morgan fingerprint density at radius 2 is 1.41 bits per heavy atom. The van der Waals surface area contributed by atoms with Gasteiger partial charge in [0.2, 0.25) is 0 Å². The van der Waals surface area contributed by atoms with E-state index in [0.29, 0.717) is 0 Å². The van der Waals surface area contributed by atoms with E-state index in [1.165, 1.54) is 27.7 Å². The van der Waals surface area contributed by atoms with Crippen molar-refractivity contribution in [3.63, 3.8) is 0 Å². The average molecular weight is 408 g/mol. The zero-order valence-corrected chi connectivity index (χ0v) is 15.6. The summed E-state index contributed by atoms with van der Waals surface area (Å²) >= 11 is 0. The molecule has 0 saturated heterocycles. The Balaban J connectivity index is 2.59. The molecule has 3 nitrogen and oxygen atoms in total. The molecule has 0 aromatic heterocycles. The Bertz CT molecular complexity index is 577. The highest BCUT2D eigenvalue weighted by Crippen LogP contribution is 2.68. The van der Waals surface area contributed by atoms with Gasteiger partial charge in [0.15, 0.2) is 5.67 Å². The molecule has 27 heavy (non-hydrogen) atoms. The van der Waals surface area contributed by atoms with Crippen LogP contribution in [0.3, 0.4) is 0 Å². The Kier molecular flexibility index (Phi) is 5.02. The maximum atomic E-state index is 15.8. The van der Waals surface area contributed by atoms with E-state index in [1.54, 1.807) is 6.92 Å². The van der Waals surface area contributed by atoms with Crippen molar-refractivity contribution in [3.05, 3.63) is 0 Å². The summed E-state index contributed by atoms with van der Waals surface area (Å²) in [5.41, 5.74) is -10.5. The fourth-order valence-electron chi connectivity index (χ4n) is 4.59. The van der Waals surface area contributed by atoms with Crippen LogP contribution in [0.2, 0.25) is 0 Å². The smallest absolute Gasteiger partial charge is 0.429 e. The molecule has 158 valence electrons. The molecule has 2 rings (SSSR count). The standard InChI is InChI=1S/C17H23F7O3/c1-8-9(2)11-6-10(8)7-14(11,18)15(16(19,20)21,17(22,23)24)27-12(25)26-13(3,4)5/h8-11H,6-7H2,1-5H3. The summed E-state index contributed by atoms with van der Waals surface area (Å²) in [6, 6.07) is 0. The van der Waals surface area contributed by atoms with Gasteiger partial charge in [-0.1, -0.05) is 13.8 Å². The third kappa shape index (κ3) is 3.26. The fourth-order valence-corrected chi connectivity index (χ4v) is 4.59. The first-order chi connectivity index (χ1) is 11.9. The van der Waals surface area contributed by atoms with E-state index in [-0.39, 0.29) is 12.3 Å². The average Bonchev–Trinajstić information content (AvgIpc) is 2.88. The molecular weight excluding hydrogens is 385 g/mol. The number of ether oxygens (including phenoxy) is 2. The van der Waals surface area contributed by atoms with Gasteiger partial charge in [0.1, 0.15) is 5.60 Å². The predicted molar refractivity (Wildman–Crippen MR) is 80.5 cm³/mol. The monoisotopic (exact) mass is 408 g/mol. The second kappa shape index (κ2) is 6.14. The van der Waals surface area contributed by atoms with Gasteiger partial charge in [-0.2, -0.15) is 26.3 Å². The largest absolute Gasteiger partial charge is 0.510 e. The summed E-state index contributed by atoms with van der Waals surface area (Å²) in [7, 11) is 0. The summed E-state index contributed by atoms with van der Waals surface area (Å²) in [6.07, 6.45) is -15.7. The van der Waals surface area contributed by atoms with Gasteiger partial charge in [-0.05, 0) is 51.4 Å². The molecule has 5 unspecified atom stereocenters. The molecule has 2 aliphatic rings. The van der Waals surface area contributed by atoms with Crippen LogP contribution in [0.4, 0.5) is 35.5 Å². The van der Waals surface area contributed by atoms with E-state index in [1.807, 2.05) is 0 Å². The molecule has 0 aliphatic heterocycles. The lowest BCUT2D eigenvalue weighted by Crippen LogP contribution is -2.73. The summed E-state index contributed by atoms with van der Waals surface area (Å²) in [5.74, 6) is -3.14. The highest BCUT2D eigenvalue weighted by atomic mass is 19.4. The summed E-state index contributed by atoms with van der Waals surface area (Å²) < 4.78 is 107. The fraction of sp³-hybridized carbons (Fsp3) is 0.941. The van der Waals surface area contributed by atoms with Crippen LogP contribution in [0.5, 0.6) is 0 Å². The van der Waals surface area contributed by atoms with Crippen molar-refractivity contribution >= 4 is 6.16 Å². The van der Waals surface area contributed by atoms with Crippen LogP contribution < -0.4 is 0 Å². The zero-order chi connectivity index (χ0) is 21.2. The number of halogens is 7. The molecular formula is C17H23F7O3. The highest BCUT2D eigenvalue weighted by molar-refractivity contribution is 5.62. The summed E-state index contributed by atoms with van der Waals surface area (Å²) in [5, 5.41) is 0. The van der Waals surface area contributed by atoms with E-state index < -0.39 is 59.6 Å². The molecule has 0 N–H and O–H groups in total. The van der Waals surface area contributed by atoms with E-state index >= 15 is 4.39 Å². The second-order valence-electron chi connectivity index (χ2n) is 8.63. The molecule has 0 spiro atoms. The summed E-state index contributed by atoms with van der Waals surface area (Å²) in [4.78, 5) is 11.8. The molecule has 0 heterocycles. The van der Waals surface area contributed by atoms with E-state index in [4.69, 9.17) is 0 Å². The van der Waals surface area contributed by atoms with Crippen LogP contribution in [-0.4, -0.2) is 35.4 Å². The predicted octanol–water partition coefficient (Wildman–Crippen LogP) is 5.82. The van der Waals surface area contributed by atoms with Crippen molar-refractivity contribution in [1.29, 1.82) is 0 Å². The van der Waals surface area contributed by atoms with E-state index in [9.17, 15) is 31.1 Å². The third-order valence-corrected chi connectivity index (χ3v) is 5.92. The van der Waals surface area contributed by atoms with Crippen molar-refractivity contribution < 1.29 is 45.0 Å². The number of alkyl halides is 7. The van der Waals surface area contributed by atoms with Crippen LogP contribution in [0.1, 0.15) is 47.5 Å². The first kappa shape index (κ1) is 22.1. The molecule has 2 fully saturated rings. The number of hydrogen-bond acceptors (Lipinski definition) is 3. The van der Waals surface area contributed by atoms with Crippen molar-refractivity contribution in [2.45, 2.75) is 76.7 Å². The first-order valence-corrected chi connectivity index (χ1v) is 8.62. The van der Waals surface area contributed by atoms with Gasteiger partial charge in [0.25, 0.3) is 0 Å². The summed E-state index contributed by atoms with van der Waals surface area (Å²) in [6.45, 7) is 6.82.